The third kappa shape index (κ3) is 3.79. The predicted molar refractivity (Wildman–Crippen MR) is 59.1 cm³/mol. The number of carbonyl (C=O) groups is 1. The van der Waals surface area contributed by atoms with Gasteiger partial charge in [0.2, 0.25) is 0 Å². The van der Waals surface area contributed by atoms with Crippen molar-refractivity contribution in [1.29, 1.82) is 0 Å². The van der Waals surface area contributed by atoms with E-state index in [1.807, 2.05) is 0 Å². The Morgan fingerprint density at radius 3 is 2.62 bits per heavy atom. The molecule has 1 amide bonds. The minimum absolute atomic E-state index is 0. The highest BCUT2D eigenvalue weighted by Crippen LogP contribution is 2.10. The zero-order chi connectivity index (χ0) is 11.5. The fraction of sp³-hybridized carbons (Fsp3) is 0.444. The average molecular weight is 254 g/mol. The summed E-state index contributed by atoms with van der Waals surface area (Å²) in [6.07, 6.45) is 3.08. The standard InChI is InChI=1S/C9H13F2N3O.ClH/c1-6-2-13-3-7(6)8(15)14-5-9(10,11)4-12;/h2-3,13H,4-5,12H2,1H3,(H,14,15);1H. The van der Waals surface area contributed by atoms with E-state index < -0.39 is 24.9 Å². The number of hydrogen-bond acceptors (Lipinski definition) is 2. The van der Waals surface area contributed by atoms with Gasteiger partial charge in [0.05, 0.1) is 18.7 Å². The summed E-state index contributed by atoms with van der Waals surface area (Å²) in [4.78, 5) is 14.1. The van der Waals surface area contributed by atoms with Gasteiger partial charge in [-0.2, -0.15) is 0 Å². The van der Waals surface area contributed by atoms with Gasteiger partial charge >= 0.3 is 0 Å². The highest BCUT2D eigenvalue weighted by atomic mass is 35.5. The molecule has 0 radical (unpaired) electrons. The van der Waals surface area contributed by atoms with Gasteiger partial charge in [-0.15, -0.1) is 12.4 Å². The SMILES string of the molecule is Cc1c[nH]cc1C(=O)NCC(F)(F)CN.Cl. The van der Waals surface area contributed by atoms with E-state index in [-0.39, 0.29) is 12.4 Å². The van der Waals surface area contributed by atoms with E-state index in [0.29, 0.717) is 11.1 Å². The second-order valence-electron chi connectivity index (χ2n) is 3.29. The molecule has 0 aromatic carbocycles. The van der Waals surface area contributed by atoms with Crippen molar-refractivity contribution in [2.24, 2.45) is 5.73 Å². The molecule has 0 fully saturated rings. The quantitative estimate of drug-likeness (QED) is 0.751. The molecule has 4 nitrogen and oxygen atoms in total. The summed E-state index contributed by atoms with van der Waals surface area (Å²) in [6, 6.07) is 0. The van der Waals surface area contributed by atoms with Crippen LogP contribution in [0.25, 0.3) is 0 Å². The number of aryl methyl sites for hydroxylation is 1. The lowest BCUT2D eigenvalue weighted by molar-refractivity contribution is 0.0118. The van der Waals surface area contributed by atoms with Gasteiger partial charge in [-0.05, 0) is 12.5 Å². The van der Waals surface area contributed by atoms with Crippen LogP contribution in [0.2, 0.25) is 0 Å². The van der Waals surface area contributed by atoms with Crippen LogP contribution in [0.3, 0.4) is 0 Å². The van der Waals surface area contributed by atoms with Crippen molar-refractivity contribution in [2.45, 2.75) is 12.8 Å². The lowest BCUT2D eigenvalue weighted by atomic mass is 10.2. The molecular formula is C9H14ClF2N3O. The number of nitrogens with one attached hydrogen (secondary N) is 2. The first-order valence-electron chi connectivity index (χ1n) is 4.46. The van der Waals surface area contributed by atoms with E-state index in [4.69, 9.17) is 5.73 Å². The first-order chi connectivity index (χ1) is 6.96. The molecule has 0 spiro atoms. The van der Waals surface area contributed by atoms with Crippen LogP contribution < -0.4 is 11.1 Å². The average Bonchev–Trinajstić information content (AvgIpc) is 2.61. The van der Waals surface area contributed by atoms with Crippen molar-refractivity contribution in [1.82, 2.24) is 10.3 Å². The van der Waals surface area contributed by atoms with Crippen molar-refractivity contribution in [3.8, 4) is 0 Å². The number of rotatable bonds is 4. The van der Waals surface area contributed by atoms with E-state index in [1.165, 1.54) is 6.20 Å². The summed E-state index contributed by atoms with van der Waals surface area (Å²) >= 11 is 0. The lowest BCUT2D eigenvalue weighted by Gasteiger charge is -2.14. The van der Waals surface area contributed by atoms with E-state index >= 15 is 0 Å². The highest BCUT2D eigenvalue weighted by Gasteiger charge is 2.27. The summed E-state index contributed by atoms with van der Waals surface area (Å²) in [5.41, 5.74) is 5.91. The maximum atomic E-state index is 12.7. The van der Waals surface area contributed by atoms with Crippen molar-refractivity contribution >= 4 is 18.3 Å². The zero-order valence-corrected chi connectivity index (χ0v) is 9.54. The molecule has 0 saturated heterocycles. The molecule has 1 aromatic rings. The van der Waals surface area contributed by atoms with E-state index in [0.717, 1.165) is 0 Å². The second kappa shape index (κ2) is 5.81. The van der Waals surface area contributed by atoms with Crippen molar-refractivity contribution in [3.05, 3.63) is 23.5 Å². The monoisotopic (exact) mass is 253 g/mol. The molecule has 7 heteroatoms. The Morgan fingerprint density at radius 2 is 2.19 bits per heavy atom. The van der Waals surface area contributed by atoms with Crippen LogP contribution in [0.5, 0.6) is 0 Å². The molecule has 4 N–H and O–H groups in total. The van der Waals surface area contributed by atoms with Gasteiger partial charge in [0.25, 0.3) is 11.8 Å². The zero-order valence-electron chi connectivity index (χ0n) is 8.72. The van der Waals surface area contributed by atoms with E-state index in [2.05, 4.69) is 10.3 Å². The third-order valence-corrected chi connectivity index (χ3v) is 2.00. The largest absolute Gasteiger partial charge is 0.367 e. The summed E-state index contributed by atoms with van der Waals surface area (Å²) in [5, 5.41) is 2.13. The molecule has 1 aromatic heterocycles. The van der Waals surface area contributed by atoms with Gasteiger partial charge in [0.15, 0.2) is 0 Å². The number of H-pyrrole nitrogens is 1. The van der Waals surface area contributed by atoms with Crippen LogP contribution in [0, 0.1) is 6.92 Å². The predicted octanol–water partition coefficient (Wildman–Crippen LogP) is 1.07. The molecule has 16 heavy (non-hydrogen) atoms. The van der Waals surface area contributed by atoms with E-state index in [1.54, 1.807) is 13.1 Å². The van der Waals surface area contributed by atoms with Crippen molar-refractivity contribution in [2.75, 3.05) is 13.1 Å². The molecule has 0 unspecified atom stereocenters. The number of nitrogens with two attached hydrogens (primary N) is 1. The Morgan fingerprint density at radius 1 is 1.56 bits per heavy atom. The third-order valence-electron chi connectivity index (χ3n) is 2.00. The molecule has 92 valence electrons. The molecular weight excluding hydrogens is 240 g/mol. The van der Waals surface area contributed by atoms with Gasteiger partial charge in [0.1, 0.15) is 0 Å². The molecule has 1 heterocycles. The molecule has 0 bridgehead atoms. The van der Waals surface area contributed by atoms with Crippen LogP contribution in [0.4, 0.5) is 8.78 Å². The smallest absolute Gasteiger partial charge is 0.277 e. The van der Waals surface area contributed by atoms with E-state index in [9.17, 15) is 13.6 Å². The highest BCUT2D eigenvalue weighted by molar-refractivity contribution is 5.95. The lowest BCUT2D eigenvalue weighted by Crippen LogP contribution is -2.41. The fourth-order valence-electron chi connectivity index (χ4n) is 1.06. The Balaban J connectivity index is 0.00000225. The number of aromatic nitrogens is 1. The normalized spacial score (nSPS) is 10.8. The van der Waals surface area contributed by atoms with Crippen molar-refractivity contribution < 1.29 is 13.6 Å². The number of alkyl halides is 2. The summed E-state index contributed by atoms with van der Waals surface area (Å²) in [7, 11) is 0. The number of halogens is 3. The van der Waals surface area contributed by atoms with Gasteiger partial charge in [-0.3, -0.25) is 4.79 Å². The fourth-order valence-corrected chi connectivity index (χ4v) is 1.06. The van der Waals surface area contributed by atoms with Crippen LogP contribution in [0.1, 0.15) is 15.9 Å². The van der Waals surface area contributed by atoms with Gasteiger partial charge < -0.3 is 16.0 Å². The van der Waals surface area contributed by atoms with Gasteiger partial charge in [0, 0.05) is 12.4 Å². The van der Waals surface area contributed by atoms with Gasteiger partial charge in [-0.25, -0.2) is 8.78 Å². The molecule has 0 aliphatic carbocycles. The number of aromatic amines is 1. The van der Waals surface area contributed by atoms with Crippen LogP contribution in [0.15, 0.2) is 12.4 Å². The second-order valence-corrected chi connectivity index (χ2v) is 3.29. The molecule has 0 aliphatic rings. The first kappa shape index (κ1) is 14.9. The van der Waals surface area contributed by atoms with Crippen LogP contribution in [-0.4, -0.2) is 29.9 Å². The maximum absolute atomic E-state index is 12.7. The summed E-state index contributed by atoms with van der Waals surface area (Å²) < 4.78 is 25.4. The maximum Gasteiger partial charge on any atom is 0.277 e. The molecule has 0 atom stereocenters. The molecule has 1 rings (SSSR count). The Hall–Kier alpha value is -1.14. The number of amides is 1. The molecule has 0 aliphatic heterocycles. The first-order valence-corrected chi connectivity index (χ1v) is 4.46. The number of hydrogen-bond donors (Lipinski definition) is 3. The Kier molecular flexibility index (Phi) is 5.40. The minimum atomic E-state index is -3.06. The van der Waals surface area contributed by atoms with Crippen LogP contribution in [-0.2, 0) is 0 Å². The number of carbonyl (C=O) groups excluding carboxylic acids is 1. The summed E-state index contributed by atoms with van der Waals surface area (Å²) in [5.74, 6) is -3.58. The van der Waals surface area contributed by atoms with Crippen LogP contribution >= 0.6 is 12.4 Å². The Bertz CT molecular complexity index is 354. The summed E-state index contributed by atoms with van der Waals surface area (Å²) in [6.45, 7) is 0.193. The Labute approximate surface area is 98.0 Å². The minimum Gasteiger partial charge on any atom is -0.367 e. The van der Waals surface area contributed by atoms with Gasteiger partial charge in [-0.1, -0.05) is 0 Å². The van der Waals surface area contributed by atoms with Crippen molar-refractivity contribution in [3.63, 3.8) is 0 Å². The topological polar surface area (TPSA) is 70.9 Å². The molecule has 0 saturated carbocycles.